The number of hydrogen-bond donors (Lipinski definition) is 2. The Morgan fingerprint density at radius 3 is 2.86 bits per heavy atom. The Morgan fingerprint density at radius 1 is 1.32 bits per heavy atom. The highest BCUT2D eigenvalue weighted by Crippen LogP contribution is 2.15. The number of carbonyl (C=O) groups excluding carboxylic acids is 1. The minimum atomic E-state index is -2.59. The summed E-state index contributed by atoms with van der Waals surface area (Å²) < 4.78 is 29.0. The molecule has 116 valence electrons. The van der Waals surface area contributed by atoms with Gasteiger partial charge in [-0.1, -0.05) is 12.1 Å². The molecule has 22 heavy (non-hydrogen) atoms. The molecule has 0 saturated heterocycles. The van der Waals surface area contributed by atoms with Crippen LogP contribution in [-0.2, 0) is 6.61 Å². The molecule has 0 spiro atoms. The number of nitrogens with one attached hydrogen (secondary N) is 1. The zero-order valence-electron chi connectivity index (χ0n) is 11.5. The van der Waals surface area contributed by atoms with Crippen LogP contribution in [0.25, 0.3) is 0 Å². The van der Waals surface area contributed by atoms with E-state index in [4.69, 9.17) is 9.84 Å². The highest BCUT2D eigenvalue weighted by atomic mass is 19.3. The molecular weight excluding hydrogens is 294 g/mol. The Hall–Kier alpha value is -2.54. The lowest BCUT2D eigenvalue weighted by atomic mass is 10.2. The summed E-state index contributed by atoms with van der Waals surface area (Å²) in [7, 11) is 0. The molecule has 0 unspecified atom stereocenters. The molecule has 2 N–H and O–H groups in total. The SMILES string of the molecule is O=C(Nc1cccc(CO)c1)c1cc(OCC(F)F)ccn1. The molecule has 0 aliphatic carbocycles. The van der Waals surface area contributed by atoms with Gasteiger partial charge in [-0.15, -0.1) is 0 Å². The summed E-state index contributed by atoms with van der Waals surface area (Å²) in [5, 5.41) is 11.7. The van der Waals surface area contributed by atoms with Crippen LogP contribution in [0, 0.1) is 0 Å². The minimum Gasteiger partial charge on any atom is -0.488 e. The van der Waals surface area contributed by atoms with E-state index in [0.29, 0.717) is 11.3 Å². The summed E-state index contributed by atoms with van der Waals surface area (Å²) in [6.07, 6.45) is -1.29. The normalized spacial score (nSPS) is 10.5. The molecule has 0 aliphatic heterocycles. The smallest absolute Gasteiger partial charge is 0.274 e. The summed E-state index contributed by atoms with van der Waals surface area (Å²) in [6, 6.07) is 9.37. The molecule has 7 heteroatoms. The van der Waals surface area contributed by atoms with E-state index in [0.717, 1.165) is 0 Å². The molecule has 0 fully saturated rings. The number of rotatable bonds is 6. The highest BCUT2D eigenvalue weighted by Gasteiger charge is 2.10. The van der Waals surface area contributed by atoms with Gasteiger partial charge in [0, 0.05) is 18.0 Å². The minimum absolute atomic E-state index is 0.0427. The average molecular weight is 308 g/mol. The number of hydrogen-bond acceptors (Lipinski definition) is 4. The first kappa shape index (κ1) is 15.8. The van der Waals surface area contributed by atoms with Gasteiger partial charge in [-0.05, 0) is 23.8 Å². The number of nitrogens with zero attached hydrogens (tertiary/aromatic N) is 1. The standard InChI is InChI=1S/C15H14F2N2O3/c16-14(17)9-22-12-4-5-18-13(7-12)15(21)19-11-3-1-2-10(6-11)8-20/h1-7,14,20H,8-9H2,(H,19,21). The van der Waals surface area contributed by atoms with Crippen LogP contribution < -0.4 is 10.1 Å². The van der Waals surface area contributed by atoms with Gasteiger partial charge in [0.1, 0.15) is 18.1 Å². The second kappa shape index (κ2) is 7.46. The Labute approximate surface area is 125 Å². The third-order valence-electron chi connectivity index (χ3n) is 2.71. The number of aromatic nitrogens is 1. The molecule has 1 amide bonds. The molecule has 0 radical (unpaired) electrons. The van der Waals surface area contributed by atoms with Crippen LogP contribution in [0.15, 0.2) is 42.6 Å². The van der Waals surface area contributed by atoms with E-state index in [-0.39, 0.29) is 18.1 Å². The maximum Gasteiger partial charge on any atom is 0.274 e. The number of alkyl halides is 2. The number of carbonyl (C=O) groups is 1. The second-order valence-corrected chi connectivity index (χ2v) is 4.39. The summed E-state index contributed by atoms with van der Waals surface area (Å²) >= 11 is 0. The van der Waals surface area contributed by atoms with Gasteiger partial charge < -0.3 is 15.2 Å². The number of pyridine rings is 1. The fourth-order valence-electron chi connectivity index (χ4n) is 1.73. The predicted octanol–water partition coefficient (Wildman–Crippen LogP) is 2.47. The van der Waals surface area contributed by atoms with Crippen LogP contribution in [-0.4, -0.2) is 29.0 Å². The Bertz CT molecular complexity index is 650. The van der Waals surface area contributed by atoms with Crippen molar-refractivity contribution in [3.8, 4) is 5.75 Å². The first-order valence-corrected chi connectivity index (χ1v) is 6.46. The van der Waals surface area contributed by atoms with E-state index in [1.54, 1.807) is 24.3 Å². The lowest BCUT2D eigenvalue weighted by molar-refractivity contribution is 0.0818. The van der Waals surface area contributed by atoms with Gasteiger partial charge in [-0.25, -0.2) is 8.78 Å². The van der Waals surface area contributed by atoms with Crippen LogP contribution in [0.5, 0.6) is 5.75 Å². The molecule has 2 rings (SSSR count). The zero-order chi connectivity index (χ0) is 15.9. The third kappa shape index (κ3) is 4.49. The number of anilines is 1. The molecule has 1 heterocycles. The summed E-state index contributed by atoms with van der Waals surface area (Å²) in [5.74, 6) is -0.359. The van der Waals surface area contributed by atoms with Gasteiger partial charge in [0.2, 0.25) is 0 Å². The Balaban J connectivity index is 2.07. The van der Waals surface area contributed by atoms with E-state index < -0.39 is 18.9 Å². The van der Waals surface area contributed by atoms with Gasteiger partial charge in [0.25, 0.3) is 12.3 Å². The van der Waals surface area contributed by atoms with Crippen molar-refractivity contribution in [3.05, 3.63) is 53.9 Å². The number of aliphatic hydroxyl groups excluding tert-OH is 1. The number of amides is 1. The maximum absolute atomic E-state index is 12.1. The summed E-state index contributed by atoms with van der Waals surface area (Å²) in [5.41, 5.74) is 1.19. The maximum atomic E-state index is 12.1. The van der Waals surface area contributed by atoms with Crippen molar-refractivity contribution in [1.29, 1.82) is 0 Å². The van der Waals surface area contributed by atoms with Crippen LogP contribution >= 0.6 is 0 Å². The first-order valence-electron chi connectivity index (χ1n) is 6.46. The lowest BCUT2D eigenvalue weighted by Crippen LogP contribution is -2.14. The number of ether oxygens (including phenoxy) is 1. The van der Waals surface area contributed by atoms with E-state index >= 15 is 0 Å². The molecule has 0 aliphatic rings. The van der Waals surface area contributed by atoms with Gasteiger partial charge in [-0.2, -0.15) is 0 Å². The Kier molecular flexibility index (Phi) is 5.37. The van der Waals surface area contributed by atoms with Crippen molar-refractivity contribution in [2.24, 2.45) is 0 Å². The zero-order valence-corrected chi connectivity index (χ0v) is 11.5. The number of benzene rings is 1. The van der Waals surface area contributed by atoms with E-state index in [1.807, 2.05) is 0 Å². The molecule has 0 atom stereocenters. The fraction of sp³-hybridized carbons (Fsp3) is 0.200. The number of aliphatic hydroxyl groups is 1. The van der Waals surface area contributed by atoms with Crippen LogP contribution in [0.2, 0.25) is 0 Å². The molecular formula is C15H14F2N2O3. The van der Waals surface area contributed by atoms with Crippen LogP contribution in [0.4, 0.5) is 14.5 Å². The van der Waals surface area contributed by atoms with Crippen molar-refractivity contribution in [2.75, 3.05) is 11.9 Å². The molecule has 2 aromatic rings. The quantitative estimate of drug-likeness (QED) is 0.860. The molecule has 1 aromatic carbocycles. The topological polar surface area (TPSA) is 71.5 Å². The van der Waals surface area contributed by atoms with E-state index in [9.17, 15) is 13.6 Å². The van der Waals surface area contributed by atoms with Crippen molar-refractivity contribution in [1.82, 2.24) is 4.98 Å². The van der Waals surface area contributed by atoms with E-state index in [2.05, 4.69) is 10.3 Å². The van der Waals surface area contributed by atoms with Crippen molar-refractivity contribution in [2.45, 2.75) is 13.0 Å². The largest absolute Gasteiger partial charge is 0.488 e. The van der Waals surface area contributed by atoms with Crippen molar-refractivity contribution >= 4 is 11.6 Å². The average Bonchev–Trinajstić information content (AvgIpc) is 2.53. The van der Waals surface area contributed by atoms with Crippen LogP contribution in [0.1, 0.15) is 16.1 Å². The van der Waals surface area contributed by atoms with E-state index in [1.165, 1.54) is 18.3 Å². The van der Waals surface area contributed by atoms with Gasteiger partial charge in [-0.3, -0.25) is 9.78 Å². The third-order valence-corrected chi connectivity index (χ3v) is 2.71. The molecule has 1 aromatic heterocycles. The first-order chi connectivity index (χ1) is 10.6. The summed E-state index contributed by atoms with van der Waals surface area (Å²) in [6.45, 7) is -0.886. The highest BCUT2D eigenvalue weighted by molar-refractivity contribution is 6.03. The molecule has 0 saturated carbocycles. The Morgan fingerprint density at radius 2 is 2.14 bits per heavy atom. The monoisotopic (exact) mass is 308 g/mol. The van der Waals surface area contributed by atoms with Gasteiger partial charge in [0.05, 0.1) is 6.61 Å². The predicted molar refractivity (Wildman–Crippen MR) is 76.1 cm³/mol. The van der Waals surface area contributed by atoms with Gasteiger partial charge in [0.15, 0.2) is 0 Å². The molecule has 0 bridgehead atoms. The van der Waals surface area contributed by atoms with Crippen molar-refractivity contribution < 1.29 is 23.4 Å². The lowest BCUT2D eigenvalue weighted by Gasteiger charge is -2.08. The van der Waals surface area contributed by atoms with Crippen molar-refractivity contribution in [3.63, 3.8) is 0 Å². The van der Waals surface area contributed by atoms with Gasteiger partial charge >= 0.3 is 0 Å². The number of halogens is 2. The molecule has 5 nitrogen and oxygen atoms in total. The second-order valence-electron chi connectivity index (χ2n) is 4.39. The summed E-state index contributed by atoms with van der Waals surface area (Å²) in [4.78, 5) is 15.9. The van der Waals surface area contributed by atoms with Crippen LogP contribution in [0.3, 0.4) is 0 Å². The fourth-order valence-corrected chi connectivity index (χ4v) is 1.73.